The third-order valence-corrected chi connectivity index (χ3v) is 6.59. The molecule has 8 heteroatoms. The van der Waals surface area contributed by atoms with Crippen molar-refractivity contribution in [3.8, 4) is 11.5 Å². The van der Waals surface area contributed by atoms with Gasteiger partial charge in [-0.25, -0.2) is 4.98 Å². The summed E-state index contributed by atoms with van der Waals surface area (Å²) in [6.45, 7) is 2.61. The molecule has 1 fully saturated rings. The summed E-state index contributed by atoms with van der Waals surface area (Å²) in [6.07, 6.45) is 9.64. The minimum Gasteiger partial charge on any atom is -0.496 e. The fraction of sp³-hybridized carbons (Fsp3) is 0.379. The fourth-order valence-corrected chi connectivity index (χ4v) is 4.77. The van der Waals surface area contributed by atoms with Gasteiger partial charge < -0.3 is 19.7 Å². The number of hydrogen-bond donors (Lipinski definition) is 1. The number of carbonyl (C=O) groups is 2. The summed E-state index contributed by atoms with van der Waals surface area (Å²) in [7, 11) is 1.59. The van der Waals surface area contributed by atoms with E-state index in [1.54, 1.807) is 12.0 Å². The van der Waals surface area contributed by atoms with E-state index in [0.717, 1.165) is 31.2 Å². The molecular formula is C29H34N4O4. The summed E-state index contributed by atoms with van der Waals surface area (Å²) in [6, 6.07) is 14.0. The fourth-order valence-electron chi connectivity index (χ4n) is 4.77. The van der Waals surface area contributed by atoms with Gasteiger partial charge in [0.15, 0.2) is 0 Å². The second-order valence-corrected chi connectivity index (χ2v) is 9.08. The SMILES string of the molecule is CCOc1ccc(C(C(=O)NC2CCCCC2)N(Cc2ccccc2OC)C(=O)c2cnccn2)cc1. The number of rotatable bonds is 10. The lowest BCUT2D eigenvalue weighted by Gasteiger charge is -2.33. The molecular weight excluding hydrogens is 468 g/mol. The predicted octanol–water partition coefficient (Wildman–Crippen LogP) is 4.72. The zero-order valence-corrected chi connectivity index (χ0v) is 21.4. The molecule has 1 N–H and O–H groups in total. The van der Waals surface area contributed by atoms with Gasteiger partial charge in [0.1, 0.15) is 23.2 Å². The van der Waals surface area contributed by atoms with Gasteiger partial charge in [0, 0.05) is 24.0 Å². The van der Waals surface area contributed by atoms with Gasteiger partial charge in [-0.05, 0) is 43.5 Å². The number of para-hydroxylation sites is 1. The number of carbonyl (C=O) groups excluding carboxylic acids is 2. The lowest BCUT2D eigenvalue weighted by molar-refractivity contribution is -0.127. The standard InChI is InChI=1S/C29H34N4O4/c1-3-37-24-15-13-21(14-16-24)27(28(34)32-23-10-5-4-6-11-23)33(29(35)25-19-30-17-18-31-25)20-22-9-7-8-12-26(22)36-2/h7-9,12-19,23,27H,3-6,10-11,20H2,1-2H3,(H,32,34). The Morgan fingerprint density at radius 1 is 1.05 bits per heavy atom. The van der Waals surface area contributed by atoms with Crippen LogP contribution in [0.2, 0.25) is 0 Å². The number of amides is 2. The number of hydrogen-bond acceptors (Lipinski definition) is 6. The van der Waals surface area contributed by atoms with E-state index in [2.05, 4.69) is 15.3 Å². The van der Waals surface area contributed by atoms with Crippen molar-refractivity contribution in [3.05, 3.63) is 83.9 Å². The third-order valence-electron chi connectivity index (χ3n) is 6.59. The molecule has 1 aliphatic carbocycles. The van der Waals surface area contributed by atoms with Crippen molar-refractivity contribution >= 4 is 11.8 Å². The molecule has 0 aliphatic heterocycles. The molecule has 1 heterocycles. The Morgan fingerprint density at radius 2 is 1.81 bits per heavy atom. The topological polar surface area (TPSA) is 93.7 Å². The molecule has 8 nitrogen and oxygen atoms in total. The molecule has 194 valence electrons. The quantitative estimate of drug-likeness (QED) is 0.431. The van der Waals surface area contributed by atoms with Crippen LogP contribution in [-0.2, 0) is 11.3 Å². The van der Waals surface area contributed by atoms with Gasteiger partial charge in [-0.15, -0.1) is 0 Å². The Kier molecular flexibility index (Phi) is 9.08. The summed E-state index contributed by atoms with van der Waals surface area (Å²) in [5.41, 5.74) is 1.63. The van der Waals surface area contributed by atoms with Gasteiger partial charge in [0.2, 0.25) is 5.91 Å². The molecule has 0 bridgehead atoms. The largest absolute Gasteiger partial charge is 0.496 e. The number of aromatic nitrogens is 2. The van der Waals surface area contributed by atoms with Crippen LogP contribution in [0, 0.1) is 0 Å². The molecule has 37 heavy (non-hydrogen) atoms. The summed E-state index contributed by atoms with van der Waals surface area (Å²) in [5, 5.41) is 3.23. The van der Waals surface area contributed by atoms with Crippen LogP contribution in [0.25, 0.3) is 0 Å². The first-order valence-electron chi connectivity index (χ1n) is 12.8. The first-order valence-corrected chi connectivity index (χ1v) is 12.8. The van der Waals surface area contributed by atoms with Crippen LogP contribution in [0.15, 0.2) is 67.1 Å². The zero-order valence-electron chi connectivity index (χ0n) is 21.4. The summed E-state index contributed by atoms with van der Waals surface area (Å²) >= 11 is 0. The number of nitrogens with zero attached hydrogens (tertiary/aromatic N) is 3. The average molecular weight is 503 g/mol. The van der Waals surface area contributed by atoms with E-state index in [-0.39, 0.29) is 24.2 Å². The third kappa shape index (κ3) is 6.64. The Bertz CT molecular complexity index is 1160. The molecule has 1 aromatic heterocycles. The molecule has 2 aromatic carbocycles. The Balaban J connectivity index is 1.76. The minimum atomic E-state index is -0.892. The highest BCUT2D eigenvalue weighted by molar-refractivity contribution is 5.96. The van der Waals surface area contributed by atoms with Crippen molar-refractivity contribution in [1.82, 2.24) is 20.2 Å². The van der Waals surface area contributed by atoms with E-state index in [1.807, 2.05) is 55.5 Å². The van der Waals surface area contributed by atoms with Crippen molar-refractivity contribution < 1.29 is 19.1 Å². The van der Waals surface area contributed by atoms with Crippen molar-refractivity contribution in [2.75, 3.05) is 13.7 Å². The van der Waals surface area contributed by atoms with Crippen molar-refractivity contribution in [2.45, 2.75) is 57.7 Å². The Labute approximate surface area is 218 Å². The predicted molar refractivity (Wildman–Crippen MR) is 140 cm³/mol. The molecule has 2 amide bonds. The summed E-state index contributed by atoms with van der Waals surface area (Å²) < 4.78 is 11.2. The Morgan fingerprint density at radius 3 is 2.49 bits per heavy atom. The highest BCUT2D eigenvalue weighted by Gasteiger charge is 2.34. The van der Waals surface area contributed by atoms with Gasteiger partial charge in [-0.2, -0.15) is 0 Å². The molecule has 1 saturated carbocycles. The van der Waals surface area contributed by atoms with E-state index in [1.165, 1.54) is 25.0 Å². The molecule has 3 aromatic rings. The van der Waals surface area contributed by atoms with Gasteiger partial charge in [0.25, 0.3) is 5.91 Å². The van der Waals surface area contributed by atoms with Gasteiger partial charge in [-0.3, -0.25) is 14.6 Å². The number of methoxy groups -OCH3 is 1. The maximum Gasteiger partial charge on any atom is 0.275 e. The molecule has 0 saturated heterocycles. The molecule has 0 radical (unpaired) electrons. The number of ether oxygens (including phenoxy) is 2. The van der Waals surface area contributed by atoms with Crippen LogP contribution in [-0.4, -0.2) is 46.4 Å². The van der Waals surface area contributed by atoms with E-state index in [0.29, 0.717) is 23.7 Å². The van der Waals surface area contributed by atoms with Crippen molar-refractivity contribution in [3.63, 3.8) is 0 Å². The lowest BCUT2D eigenvalue weighted by Crippen LogP contribution is -2.47. The van der Waals surface area contributed by atoms with E-state index < -0.39 is 11.9 Å². The van der Waals surface area contributed by atoms with Gasteiger partial charge >= 0.3 is 0 Å². The van der Waals surface area contributed by atoms with Gasteiger partial charge in [-0.1, -0.05) is 49.6 Å². The van der Waals surface area contributed by atoms with Gasteiger partial charge in [0.05, 0.1) is 26.5 Å². The van der Waals surface area contributed by atoms with Crippen molar-refractivity contribution in [2.24, 2.45) is 0 Å². The van der Waals surface area contributed by atoms with Crippen LogP contribution in [0.1, 0.15) is 66.7 Å². The number of benzene rings is 2. The second-order valence-electron chi connectivity index (χ2n) is 9.08. The van der Waals surface area contributed by atoms with Crippen molar-refractivity contribution in [1.29, 1.82) is 0 Å². The molecule has 1 unspecified atom stereocenters. The maximum atomic E-state index is 13.9. The smallest absolute Gasteiger partial charge is 0.275 e. The molecule has 1 atom stereocenters. The average Bonchev–Trinajstić information content (AvgIpc) is 2.94. The second kappa shape index (κ2) is 12.9. The van der Waals surface area contributed by atoms with Crippen LogP contribution in [0.5, 0.6) is 11.5 Å². The molecule has 1 aliphatic rings. The van der Waals surface area contributed by atoms with E-state index in [9.17, 15) is 9.59 Å². The first kappa shape index (κ1) is 26.1. The summed E-state index contributed by atoms with van der Waals surface area (Å²) in [5.74, 6) is 0.728. The molecule has 0 spiro atoms. The highest BCUT2D eigenvalue weighted by Crippen LogP contribution is 2.30. The first-order chi connectivity index (χ1) is 18.1. The zero-order chi connectivity index (χ0) is 26.0. The maximum absolute atomic E-state index is 13.9. The highest BCUT2D eigenvalue weighted by atomic mass is 16.5. The Hall–Kier alpha value is -3.94. The monoisotopic (exact) mass is 502 g/mol. The van der Waals surface area contributed by atoms with Crippen LogP contribution in [0.4, 0.5) is 0 Å². The van der Waals surface area contributed by atoms with Crippen LogP contribution in [0.3, 0.4) is 0 Å². The van der Waals surface area contributed by atoms with E-state index >= 15 is 0 Å². The van der Waals surface area contributed by atoms with Crippen LogP contribution >= 0.6 is 0 Å². The summed E-state index contributed by atoms with van der Waals surface area (Å²) in [4.78, 5) is 37.7. The normalized spacial score (nSPS) is 14.4. The minimum absolute atomic E-state index is 0.0891. The molecule has 4 rings (SSSR count). The number of nitrogens with one attached hydrogen (secondary N) is 1. The van der Waals surface area contributed by atoms with Crippen LogP contribution < -0.4 is 14.8 Å². The lowest BCUT2D eigenvalue weighted by atomic mass is 9.94. The van der Waals surface area contributed by atoms with E-state index in [4.69, 9.17) is 9.47 Å².